The van der Waals surface area contributed by atoms with Crippen LogP contribution in [0, 0.1) is 0 Å². The van der Waals surface area contributed by atoms with E-state index in [2.05, 4.69) is 19.9 Å². The van der Waals surface area contributed by atoms with Crippen molar-refractivity contribution in [1.29, 1.82) is 0 Å². The SMILES string of the molecule is CCCCc1cccc(OP=O)c1CCCC. The monoisotopic (exact) mass is 252 g/mol. The molecule has 0 aromatic heterocycles. The van der Waals surface area contributed by atoms with Gasteiger partial charge in [-0.3, -0.25) is 0 Å². The van der Waals surface area contributed by atoms with Crippen LogP contribution < -0.4 is 4.52 Å². The zero-order chi connectivity index (χ0) is 12.5. The van der Waals surface area contributed by atoms with E-state index < -0.39 is 0 Å². The first-order valence-corrected chi connectivity index (χ1v) is 7.16. The van der Waals surface area contributed by atoms with Crippen LogP contribution in [0.1, 0.15) is 50.7 Å². The Morgan fingerprint density at radius 1 is 1.12 bits per heavy atom. The second-order valence-corrected chi connectivity index (χ2v) is 4.60. The summed E-state index contributed by atoms with van der Waals surface area (Å²) in [5.41, 5.74) is 2.59. The lowest BCUT2D eigenvalue weighted by molar-refractivity contribution is 0.520. The fraction of sp³-hybridized carbons (Fsp3) is 0.571. The van der Waals surface area contributed by atoms with Gasteiger partial charge in [0.15, 0.2) is 0 Å². The first kappa shape index (κ1) is 14.2. The summed E-state index contributed by atoms with van der Waals surface area (Å²) in [5, 5.41) is 0. The third-order valence-electron chi connectivity index (χ3n) is 2.95. The van der Waals surface area contributed by atoms with E-state index in [0.29, 0.717) is 0 Å². The van der Waals surface area contributed by atoms with Gasteiger partial charge in [-0.25, -0.2) is 4.57 Å². The average Bonchev–Trinajstić information content (AvgIpc) is 2.35. The topological polar surface area (TPSA) is 26.3 Å². The second-order valence-electron chi connectivity index (χ2n) is 4.27. The summed E-state index contributed by atoms with van der Waals surface area (Å²) in [5.74, 6) is 0.781. The molecule has 0 fully saturated rings. The number of aryl methyl sites for hydroxylation is 1. The molecule has 1 rings (SSSR count). The largest absolute Gasteiger partial charge is 0.407 e. The summed E-state index contributed by atoms with van der Waals surface area (Å²) >= 11 is 0. The predicted molar refractivity (Wildman–Crippen MR) is 71.9 cm³/mol. The van der Waals surface area contributed by atoms with Crippen molar-refractivity contribution < 1.29 is 9.09 Å². The first-order chi connectivity index (χ1) is 8.33. The van der Waals surface area contributed by atoms with Crippen molar-refractivity contribution >= 4 is 8.69 Å². The third kappa shape index (κ3) is 4.47. The van der Waals surface area contributed by atoms with Crippen LogP contribution in [0.2, 0.25) is 0 Å². The van der Waals surface area contributed by atoms with E-state index >= 15 is 0 Å². The number of rotatable bonds is 8. The Hall–Kier alpha value is -0.880. The van der Waals surface area contributed by atoms with E-state index in [1.807, 2.05) is 12.1 Å². The average molecular weight is 252 g/mol. The lowest BCUT2D eigenvalue weighted by atomic mass is 9.97. The van der Waals surface area contributed by atoms with Crippen molar-refractivity contribution in [3.8, 4) is 5.75 Å². The molecule has 0 radical (unpaired) electrons. The fourth-order valence-corrected chi connectivity index (χ4v) is 2.23. The zero-order valence-corrected chi connectivity index (χ0v) is 11.6. The van der Waals surface area contributed by atoms with Crippen molar-refractivity contribution in [3.05, 3.63) is 29.3 Å². The highest BCUT2D eigenvalue weighted by Gasteiger charge is 2.09. The van der Waals surface area contributed by atoms with Crippen LogP contribution in [0.3, 0.4) is 0 Å². The molecule has 1 aromatic rings. The molecular weight excluding hydrogens is 231 g/mol. The highest BCUT2D eigenvalue weighted by Crippen LogP contribution is 2.28. The minimum atomic E-state index is -0.265. The van der Waals surface area contributed by atoms with Crippen LogP contribution in [-0.2, 0) is 17.4 Å². The number of hydrogen-bond donors (Lipinski definition) is 0. The van der Waals surface area contributed by atoms with Gasteiger partial charge >= 0.3 is 8.69 Å². The zero-order valence-electron chi connectivity index (χ0n) is 10.7. The summed E-state index contributed by atoms with van der Waals surface area (Å²) in [6.45, 7) is 4.38. The minimum absolute atomic E-state index is 0.265. The molecule has 0 amide bonds. The van der Waals surface area contributed by atoms with Crippen molar-refractivity contribution in [1.82, 2.24) is 0 Å². The third-order valence-corrected chi connectivity index (χ3v) is 3.22. The Morgan fingerprint density at radius 2 is 1.82 bits per heavy atom. The molecule has 3 heteroatoms. The summed E-state index contributed by atoms with van der Waals surface area (Å²) in [4.78, 5) is 0. The molecular formula is C14H21O2P. The van der Waals surface area contributed by atoms with Gasteiger partial charge in [-0.1, -0.05) is 38.8 Å². The molecule has 1 aromatic carbocycles. The highest BCUT2D eigenvalue weighted by molar-refractivity contribution is 7.17. The maximum Gasteiger partial charge on any atom is 0.395 e. The lowest BCUT2D eigenvalue weighted by Gasteiger charge is -2.12. The summed E-state index contributed by atoms with van der Waals surface area (Å²) in [7, 11) is -0.265. The number of unbranched alkanes of at least 4 members (excludes halogenated alkanes) is 2. The van der Waals surface area contributed by atoms with Crippen LogP contribution in [0.25, 0.3) is 0 Å². The van der Waals surface area contributed by atoms with E-state index in [1.54, 1.807) is 0 Å². The Morgan fingerprint density at radius 3 is 2.47 bits per heavy atom. The number of hydrogen-bond acceptors (Lipinski definition) is 2. The van der Waals surface area contributed by atoms with Crippen molar-refractivity contribution in [2.24, 2.45) is 0 Å². The molecule has 0 heterocycles. The van der Waals surface area contributed by atoms with Gasteiger partial charge in [0.05, 0.1) is 0 Å². The number of benzene rings is 1. The van der Waals surface area contributed by atoms with E-state index in [9.17, 15) is 4.57 Å². The minimum Gasteiger partial charge on any atom is -0.407 e. The summed E-state index contributed by atoms with van der Waals surface area (Å²) in [6, 6.07) is 6.06. The molecule has 0 aliphatic carbocycles. The second kappa shape index (κ2) is 8.25. The first-order valence-electron chi connectivity index (χ1n) is 6.43. The maximum atomic E-state index is 10.6. The molecule has 0 aliphatic rings. The Labute approximate surface area is 106 Å². The molecule has 17 heavy (non-hydrogen) atoms. The maximum absolute atomic E-state index is 10.6. The van der Waals surface area contributed by atoms with E-state index in [-0.39, 0.29) is 8.69 Å². The molecule has 0 bridgehead atoms. The van der Waals surface area contributed by atoms with Gasteiger partial charge in [-0.05, 0) is 42.9 Å². The van der Waals surface area contributed by atoms with Crippen LogP contribution in [0.15, 0.2) is 18.2 Å². The predicted octanol–water partition coefficient (Wildman–Crippen LogP) is 4.96. The van der Waals surface area contributed by atoms with Gasteiger partial charge in [0.1, 0.15) is 5.75 Å². The van der Waals surface area contributed by atoms with E-state index in [4.69, 9.17) is 4.52 Å². The molecule has 2 nitrogen and oxygen atoms in total. The highest BCUT2D eigenvalue weighted by atomic mass is 31.1. The summed E-state index contributed by atoms with van der Waals surface area (Å²) in [6.07, 6.45) is 6.80. The van der Waals surface area contributed by atoms with Crippen LogP contribution >= 0.6 is 8.69 Å². The molecule has 0 atom stereocenters. The standard InChI is InChI=1S/C14H21O2P/c1-3-5-8-12-9-7-11-14(16-17-15)13(12)10-6-4-2/h7,9,11H,3-6,8,10H2,1-2H3. The van der Waals surface area contributed by atoms with E-state index in [0.717, 1.165) is 31.4 Å². The Balaban J connectivity index is 2.91. The van der Waals surface area contributed by atoms with Crippen molar-refractivity contribution in [2.45, 2.75) is 52.4 Å². The smallest absolute Gasteiger partial charge is 0.395 e. The van der Waals surface area contributed by atoms with Gasteiger partial charge < -0.3 is 4.52 Å². The van der Waals surface area contributed by atoms with Gasteiger partial charge in [-0.15, -0.1) is 0 Å². The molecule has 0 unspecified atom stereocenters. The van der Waals surface area contributed by atoms with Crippen LogP contribution in [-0.4, -0.2) is 0 Å². The molecule has 0 N–H and O–H groups in total. The normalized spacial score (nSPS) is 10.7. The molecule has 0 spiro atoms. The Kier molecular flexibility index (Phi) is 6.88. The Bertz CT molecular complexity index is 350. The van der Waals surface area contributed by atoms with E-state index in [1.165, 1.54) is 24.0 Å². The molecule has 0 saturated carbocycles. The lowest BCUT2D eigenvalue weighted by Crippen LogP contribution is -1.97. The quantitative estimate of drug-likeness (QED) is 0.611. The van der Waals surface area contributed by atoms with Gasteiger partial charge in [0, 0.05) is 0 Å². The van der Waals surface area contributed by atoms with Crippen molar-refractivity contribution in [2.75, 3.05) is 0 Å². The molecule has 0 aliphatic heterocycles. The van der Waals surface area contributed by atoms with Crippen molar-refractivity contribution in [3.63, 3.8) is 0 Å². The molecule has 94 valence electrons. The van der Waals surface area contributed by atoms with Gasteiger partial charge in [-0.2, -0.15) is 0 Å². The van der Waals surface area contributed by atoms with Crippen LogP contribution in [0.4, 0.5) is 0 Å². The van der Waals surface area contributed by atoms with Crippen LogP contribution in [0.5, 0.6) is 5.75 Å². The molecule has 0 saturated heterocycles. The van der Waals surface area contributed by atoms with Gasteiger partial charge in [0.25, 0.3) is 0 Å². The fourth-order valence-electron chi connectivity index (χ4n) is 1.98. The van der Waals surface area contributed by atoms with Gasteiger partial charge in [0.2, 0.25) is 0 Å². The summed E-state index contributed by atoms with van der Waals surface area (Å²) < 4.78 is 15.8.